The maximum Gasteiger partial charge on any atom is 0.322 e. The third kappa shape index (κ3) is 3.23. The number of nitrogens with one attached hydrogen (secondary N) is 2. The summed E-state index contributed by atoms with van der Waals surface area (Å²) in [4.78, 5) is 18.8. The van der Waals surface area contributed by atoms with Crippen LogP contribution in [0, 0.1) is 6.92 Å². The van der Waals surface area contributed by atoms with E-state index in [2.05, 4.69) is 59.7 Å². The number of carbonyl (C=O) groups is 1. The number of urea groups is 1. The fourth-order valence-electron chi connectivity index (χ4n) is 4.30. The van der Waals surface area contributed by atoms with Gasteiger partial charge in [0.1, 0.15) is 0 Å². The molecule has 1 aliphatic heterocycles. The number of fused-ring (bicyclic) bond motifs is 3. The zero-order chi connectivity index (χ0) is 20.7. The van der Waals surface area contributed by atoms with E-state index in [1.165, 1.54) is 16.5 Å². The highest BCUT2D eigenvalue weighted by Gasteiger charge is 2.34. The number of benzene rings is 3. The van der Waals surface area contributed by atoms with Gasteiger partial charge in [0, 0.05) is 23.1 Å². The molecule has 30 heavy (non-hydrogen) atoms. The van der Waals surface area contributed by atoms with Gasteiger partial charge >= 0.3 is 6.03 Å². The van der Waals surface area contributed by atoms with Gasteiger partial charge < -0.3 is 15.2 Å². The molecule has 2 N–H and O–H groups in total. The number of rotatable bonds is 2. The average Bonchev–Trinajstić information content (AvgIpc) is 3.14. The molecule has 1 atom stereocenters. The quantitative estimate of drug-likeness (QED) is 0.396. The summed E-state index contributed by atoms with van der Waals surface area (Å²) in [5, 5.41) is 4.76. The highest BCUT2D eigenvalue weighted by Crippen LogP contribution is 2.39. The lowest BCUT2D eigenvalue weighted by atomic mass is 9.92. The second-order valence-corrected chi connectivity index (χ2v) is 8.14. The Morgan fingerprint density at radius 1 is 1.03 bits per heavy atom. The van der Waals surface area contributed by atoms with Crippen LogP contribution in [-0.2, 0) is 6.42 Å². The molecule has 0 radical (unpaired) electrons. The van der Waals surface area contributed by atoms with Gasteiger partial charge in [-0.2, -0.15) is 0 Å². The van der Waals surface area contributed by atoms with Crippen LogP contribution in [0.4, 0.5) is 10.5 Å². The minimum absolute atomic E-state index is 0.155. The van der Waals surface area contributed by atoms with Gasteiger partial charge in [-0.3, -0.25) is 0 Å². The number of aryl methyl sites for hydroxylation is 1. The molecule has 0 saturated heterocycles. The summed E-state index contributed by atoms with van der Waals surface area (Å²) in [5.74, 6) is 0. The molecule has 1 aliphatic rings. The molecule has 2 amide bonds. The van der Waals surface area contributed by atoms with E-state index in [-0.39, 0.29) is 12.1 Å². The van der Waals surface area contributed by atoms with Crippen molar-refractivity contribution in [2.75, 3.05) is 11.9 Å². The average molecular weight is 416 g/mol. The van der Waals surface area contributed by atoms with E-state index in [1.807, 2.05) is 29.2 Å². The van der Waals surface area contributed by atoms with Gasteiger partial charge in [0.2, 0.25) is 0 Å². The zero-order valence-electron chi connectivity index (χ0n) is 16.7. The van der Waals surface area contributed by atoms with Crippen molar-refractivity contribution in [2.45, 2.75) is 19.4 Å². The molecule has 0 spiro atoms. The lowest BCUT2D eigenvalue weighted by Crippen LogP contribution is -2.43. The van der Waals surface area contributed by atoms with Crippen LogP contribution in [0.1, 0.15) is 28.4 Å². The fourth-order valence-corrected chi connectivity index (χ4v) is 4.49. The monoisotopic (exact) mass is 415 g/mol. The van der Waals surface area contributed by atoms with E-state index >= 15 is 0 Å². The van der Waals surface area contributed by atoms with E-state index < -0.39 is 0 Å². The number of H-pyrrole nitrogens is 1. The van der Waals surface area contributed by atoms with E-state index in [0.717, 1.165) is 23.2 Å². The summed E-state index contributed by atoms with van der Waals surface area (Å²) in [6.45, 7) is 2.70. The van der Waals surface area contributed by atoms with Gasteiger partial charge in [0.15, 0.2) is 0 Å². The minimum atomic E-state index is -0.191. The molecular formula is C25H22ClN3O. The Hall–Kier alpha value is -3.24. The summed E-state index contributed by atoms with van der Waals surface area (Å²) in [6, 6.07) is 23.7. The van der Waals surface area contributed by atoms with Crippen LogP contribution >= 0.6 is 11.6 Å². The molecule has 3 aromatic carbocycles. The lowest BCUT2D eigenvalue weighted by Gasteiger charge is -2.36. The molecule has 4 nitrogen and oxygen atoms in total. The van der Waals surface area contributed by atoms with Crippen molar-refractivity contribution in [3.8, 4) is 0 Å². The standard InChI is InChI=1S/C25H22ClN3O/c1-16-10-12-17(13-11-16)24-23-19(18-6-2-4-8-21(18)27-23)14-15-29(24)25(30)28-22-9-5-3-7-20(22)26/h2-13,24,27H,14-15H2,1H3,(H,28,30)/t24-/m0/s1. The fraction of sp³-hybridized carbons (Fsp3) is 0.160. The van der Waals surface area contributed by atoms with Crippen LogP contribution in [-0.4, -0.2) is 22.5 Å². The molecule has 0 saturated carbocycles. The van der Waals surface area contributed by atoms with Crippen molar-refractivity contribution in [1.29, 1.82) is 0 Å². The summed E-state index contributed by atoms with van der Waals surface area (Å²) in [5.41, 5.74) is 6.38. The third-order valence-corrected chi connectivity index (χ3v) is 6.13. The van der Waals surface area contributed by atoms with Gasteiger partial charge in [-0.1, -0.05) is 71.8 Å². The van der Waals surface area contributed by atoms with Crippen LogP contribution in [0.25, 0.3) is 10.9 Å². The van der Waals surface area contributed by atoms with E-state index in [0.29, 0.717) is 17.3 Å². The van der Waals surface area contributed by atoms with Crippen LogP contribution in [0.2, 0.25) is 5.02 Å². The van der Waals surface area contributed by atoms with Crippen LogP contribution in [0.15, 0.2) is 72.8 Å². The maximum absolute atomic E-state index is 13.3. The first-order valence-corrected chi connectivity index (χ1v) is 10.5. The number of halogens is 1. The Labute approximate surface area is 180 Å². The molecule has 0 fully saturated rings. The Bertz CT molecular complexity index is 1230. The van der Waals surface area contributed by atoms with Crippen molar-refractivity contribution < 1.29 is 4.79 Å². The molecule has 0 unspecified atom stereocenters. The first-order chi connectivity index (χ1) is 14.6. The predicted octanol–water partition coefficient (Wildman–Crippen LogP) is 6.31. The zero-order valence-corrected chi connectivity index (χ0v) is 17.4. The Balaban J connectivity index is 1.59. The molecule has 0 aliphatic carbocycles. The van der Waals surface area contributed by atoms with Crippen molar-refractivity contribution in [3.63, 3.8) is 0 Å². The Kier molecular flexibility index (Phi) is 4.72. The van der Waals surface area contributed by atoms with Crippen molar-refractivity contribution in [1.82, 2.24) is 9.88 Å². The number of aromatic nitrogens is 1. The molecule has 150 valence electrons. The third-order valence-electron chi connectivity index (χ3n) is 5.80. The topological polar surface area (TPSA) is 48.1 Å². The summed E-state index contributed by atoms with van der Waals surface area (Å²) >= 11 is 6.27. The lowest BCUT2D eigenvalue weighted by molar-refractivity contribution is 0.193. The summed E-state index contributed by atoms with van der Waals surface area (Å²) in [6.07, 6.45) is 0.803. The molecule has 1 aromatic heterocycles. The number of amides is 2. The predicted molar refractivity (Wildman–Crippen MR) is 122 cm³/mol. The summed E-state index contributed by atoms with van der Waals surface area (Å²) in [7, 11) is 0. The van der Waals surface area contributed by atoms with Crippen LogP contribution in [0.3, 0.4) is 0 Å². The number of nitrogens with zero attached hydrogens (tertiary/aromatic N) is 1. The summed E-state index contributed by atoms with van der Waals surface area (Å²) < 4.78 is 0. The van der Waals surface area contributed by atoms with Crippen molar-refractivity contribution >= 4 is 34.2 Å². The van der Waals surface area contributed by atoms with Crippen molar-refractivity contribution in [3.05, 3.63) is 100 Å². The highest BCUT2D eigenvalue weighted by molar-refractivity contribution is 6.33. The molecule has 0 bridgehead atoms. The number of hydrogen-bond acceptors (Lipinski definition) is 1. The first kappa shape index (κ1) is 18.8. The number of hydrogen-bond donors (Lipinski definition) is 2. The van der Waals surface area contributed by atoms with Gasteiger partial charge in [-0.15, -0.1) is 0 Å². The van der Waals surface area contributed by atoms with Gasteiger partial charge in [-0.25, -0.2) is 4.79 Å². The normalized spacial score (nSPS) is 15.8. The number of anilines is 1. The van der Waals surface area contributed by atoms with E-state index in [4.69, 9.17) is 11.6 Å². The van der Waals surface area contributed by atoms with Crippen molar-refractivity contribution in [2.24, 2.45) is 0 Å². The van der Waals surface area contributed by atoms with Gasteiger partial charge in [0.05, 0.1) is 16.8 Å². The van der Waals surface area contributed by atoms with Gasteiger partial charge in [-0.05, 0) is 42.7 Å². The second kappa shape index (κ2) is 7.54. The molecule has 4 aromatic rings. The SMILES string of the molecule is Cc1ccc([C@H]2c3[nH]c4ccccc4c3CCN2C(=O)Nc2ccccc2Cl)cc1. The molecule has 2 heterocycles. The number of para-hydroxylation sites is 2. The maximum atomic E-state index is 13.3. The molecular weight excluding hydrogens is 394 g/mol. The Morgan fingerprint density at radius 2 is 1.77 bits per heavy atom. The highest BCUT2D eigenvalue weighted by atomic mass is 35.5. The van der Waals surface area contributed by atoms with Crippen LogP contribution in [0.5, 0.6) is 0 Å². The largest absolute Gasteiger partial charge is 0.356 e. The van der Waals surface area contributed by atoms with E-state index in [9.17, 15) is 4.79 Å². The number of aromatic amines is 1. The van der Waals surface area contributed by atoms with Crippen LogP contribution < -0.4 is 5.32 Å². The minimum Gasteiger partial charge on any atom is -0.356 e. The van der Waals surface area contributed by atoms with E-state index in [1.54, 1.807) is 6.07 Å². The number of carbonyl (C=O) groups excluding carboxylic acids is 1. The first-order valence-electron chi connectivity index (χ1n) is 10.1. The molecule has 5 rings (SSSR count). The molecule has 5 heteroatoms. The smallest absolute Gasteiger partial charge is 0.322 e. The van der Waals surface area contributed by atoms with Gasteiger partial charge in [0.25, 0.3) is 0 Å². The second-order valence-electron chi connectivity index (χ2n) is 7.73. The Morgan fingerprint density at radius 3 is 2.57 bits per heavy atom.